The summed E-state index contributed by atoms with van der Waals surface area (Å²) >= 11 is 0. The summed E-state index contributed by atoms with van der Waals surface area (Å²) in [5.74, 6) is 0.0878. The minimum atomic E-state index is -3.79. The third-order valence-corrected chi connectivity index (χ3v) is 5.20. The number of rotatable bonds is 3. The summed E-state index contributed by atoms with van der Waals surface area (Å²) in [5, 5.41) is 10.5. The van der Waals surface area contributed by atoms with Crippen LogP contribution in [-0.4, -0.2) is 18.5 Å². The smallest absolute Gasteiger partial charge is 0.262 e. The van der Waals surface area contributed by atoms with Gasteiger partial charge in [-0.3, -0.25) is 9.71 Å². The van der Waals surface area contributed by atoms with Crippen LogP contribution in [0, 0.1) is 13.8 Å². The van der Waals surface area contributed by atoms with Gasteiger partial charge in [-0.15, -0.1) is 0 Å². The van der Waals surface area contributed by atoms with E-state index in [-0.39, 0.29) is 10.6 Å². The van der Waals surface area contributed by atoms with Gasteiger partial charge in [0.25, 0.3) is 10.0 Å². The number of aryl methyl sites for hydroxylation is 1. The van der Waals surface area contributed by atoms with Crippen molar-refractivity contribution in [3.05, 3.63) is 59.8 Å². The topological polar surface area (TPSA) is 79.3 Å². The second kappa shape index (κ2) is 5.55. The molecule has 1 aromatic heterocycles. The largest absolute Gasteiger partial charge is 0.507 e. The van der Waals surface area contributed by atoms with Crippen molar-refractivity contribution < 1.29 is 13.5 Å². The lowest BCUT2D eigenvalue weighted by Crippen LogP contribution is -2.14. The van der Waals surface area contributed by atoms with E-state index in [0.717, 1.165) is 0 Å². The van der Waals surface area contributed by atoms with E-state index >= 15 is 0 Å². The number of fused-ring (bicyclic) bond motifs is 1. The highest BCUT2D eigenvalue weighted by atomic mass is 32.2. The lowest BCUT2D eigenvalue weighted by atomic mass is 10.1. The number of pyridine rings is 1. The predicted molar refractivity (Wildman–Crippen MR) is 90.1 cm³/mol. The summed E-state index contributed by atoms with van der Waals surface area (Å²) in [6.45, 7) is 3.43. The molecule has 0 amide bonds. The normalized spacial score (nSPS) is 11.6. The van der Waals surface area contributed by atoms with E-state index in [4.69, 9.17) is 0 Å². The molecule has 0 bridgehead atoms. The maximum atomic E-state index is 12.7. The first kappa shape index (κ1) is 15.3. The number of phenols is 1. The maximum Gasteiger partial charge on any atom is 0.262 e. The van der Waals surface area contributed by atoms with E-state index in [1.807, 2.05) is 0 Å². The lowest BCUT2D eigenvalue weighted by Gasteiger charge is -2.14. The van der Waals surface area contributed by atoms with Gasteiger partial charge in [0.05, 0.1) is 16.1 Å². The number of nitrogens with zero attached hydrogens (tertiary/aromatic N) is 1. The fourth-order valence-corrected chi connectivity index (χ4v) is 3.80. The van der Waals surface area contributed by atoms with E-state index in [1.165, 1.54) is 6.07 Å². The number of benzene rings is 2. The Morgan fingerprint density at radius 1 is 1.04 bits per heavy atom. The summed E-state index contributed by atoms with van der Waals surface area (Å²) < 4.78 is 28.0. The highest BCUT2D eigenvalue weighted by Gasteiger charge is 2.19. The van der Waals surface area contributed by atoms with Gasteiger partial charge in [-0.1, -0.05) is 12.1 Å². The molecule has 0 unspecified atom stereocenters. The van der Waals surface area contributed by atoms with Gasteiger partial charge in [-0.05, 0) is 49.7 Å². The van der Waals surface area contributed by atoms with Crippen molar-refractivity contribution in [1.82, 2.24) is 4.98 Å². The zero-order valence-electron chi connectivity index (χ0n) is 12.7. The monoisotopic (exact) mass is 328 g/mol. The molecule has 0 spiro atoms. The molecular formula is C17H16N2O3S. The summed E-state index contributed by atoms with van der Waals surface area (Å²) in [5.41, 5.74) is 2.15. The molecule has 23 heavy (non-hydrogen) atoms. The van der Waals surface area contributed by atoms with Crippen molar-refractivity contribution in [3.63, 3.8) is 0 Å². The molecule has 0 saturated heterocycles. The highest BCUT2D eigenvalue weighted by Crippen LogP contribution is 2.30. The number of nitrogens with one attached hydrogen (secondary N) is 1. The molecule has 0 aliphatic carbocycles. The molecular weight excluding hydrogens is 312 g/mol. The molecule has 0 aliphatic heterocycles. The number of aromatic nitrogens is 1. The molecule has 0 radical (unpaired) electrons. The molecule has 2 aromatic carbocycles. The van der Waals surface area contributed by atoms with Gasteiger partial charge >= 0.3 is 0 Å². The summed E-state index contributed by atoms with van der Waals surface area (Å²) in [4.78, 5) is 4.33. The van der Waals surface area contributed by atoms with Gasteiger partial charge in [0.15, 0.2) is 0 Å². The SMILES string of the molecule is Cc1ccc(NS(=O)(=O)c2cccc3ncccc23)c(C)c1O. The lowest BCUT2D eigenvalue weighted by molar-refractivity contribution is 0.467. The molecule has 1 heterocycles. The number of hydrogen-bond donors (Lipinski definition) is 2. The van der Waals surface area contributed by atoms with Crippen molar-refractivity contribution in [2.45, 2.75) is 18.7 Å². The van der Waals surface area contributed by atoms with Crippen molar-refractivity contribution in [2.75, 3.05) is 4.72 Å². The summed E-state index contributed by atoms with van der Waals surface area (Å²) in [6, 6.07) is 11.7. The van der Waals surface area contributed by atoms with Crippen molar-refractivity contribution in [2.24, 2.45) is 0 Å². The van der Waals surface area contributed by atoms with Crippen LogP contribution in [0.25, 0.3) is 10.9 Å². The van der Waals surface area contributed by atoms with Crippen LogP contribution in [-0.2, 0) is 10.0 Å². The average molecular weight is 328 g/mol. The molecule has 0 atom stereocenters. The molecule has 5 nitrogen and oxygen atoms in total. The zero-order chi connectivity index (χ0) is 16.6. The van der Waals surface area contributed by atoms with Crippen LogP contribution in [0.5, 0.6) is 5.75 Å². The first-order valence-corrected chi connectivity index (χ1v) is 8.54. The molecule has 2 N–H and O–H groups in total. The fraction of sp³-hybridized carbons (Fsp3) is 0.118. The first-order chi connectivity index (χ1) is 10.9. The standard InChI is InChI=1S/C17H16N2O3S/c1-11-8-9-14(12(2)17(11)20)19-23(21,22)16-7-3-6-15-13(16)5-4-10-18-15/h3-10,19-20H,1-2H3. The Labute approximate surface area is 134 Å². The third kappa shape index (κ3) is 2.73. The van der Waals surface area contributed by atoms with Gasteiger partial charge in [0.1, 0.15) is 5.75 Å². The molecule has 118 valence electrons. The van der Waals surface area contributed by atoms with Gasteiger partial charge in [-0.25, -0.2) is 8.42 Å². The van der Waals surface area contributed by atoms with Crippen LogP contribution in [0.2, 0.25) is 0 Å². The minimum Gasteiger partial charge on any atom is -0.507 e. The van der Waals surface area contributed by atoms with Crippen LogP contribution in [0.15, 0.2) is 53.6 Å². The molecule has 0 aliphatic rings. The van der Waals surface area contributed by atoms with Crippen molar-refractivity contribution in [3.8, 4) is 5.75 Å². The van der Waals surface area contributed by atoms with E-state index in [0.29, 0.717) is 27.7 Å². The molecule has 0 fully saturated rings. The quantitative estimate of drug-likeness (QED) is 0.772. The van der Waals surface area contributed by atoms with Crippen LogP contribution in [0.3, 0.4) is 0 Å². The molecule has 3 rings (SSSR count). The minimum absolute atomic E-state index is 0.0878. The van der Waals surface area contributed by atoms with Crippen LogP contribution < -0.4 is 4.72 Å². The van der Waals surface area contributed by atoms with E-state index in [9.17, 15) is 13.5 Å². The first-order valence-electron chi connectivity index (χ1n) is 7.06. The Balaban J connectivity index is 2.10. The van der Waals surface area contributed by atoms with Gasteiger partial charge in [0.2, 0.25) is 0 Å². The summed E-state index contributed by atoms with van der Waals surface area (Å²) in [6.07, 6.45) is 1.62. The Hall–Kier alpha value is -2.60. The zero-order valence-corrected chi connectivity index (χ0v) is 13.6. The second-order valence-corrected chi connectivity index (χ2v) is 6.99. The fourth-order valence-electron chi connectivity index (χ4n) is 2.46. The van der Waals surface area contributed by atoms with E-state index < -0.39 is 10.0 Å². The number of anilines is 1. The maximum absolute atomic E-state index is 12.7. The Morgan fingerprint density at radius 3 is 2.61 bits per heavy atom. The molecule has 0 saturated carbocycles. The Bertz CT molecular complexity index is 993. The van der Waals surface area contributed by atoms with Crippen molar-refractivity contribution >= 4 is 26.6 Å². The summed E-state index contributed by atoms with van der Waals surface area (Å²) in [7, 11) is -3.79. The van der Waals surface area contributed by atoms with Crippen LogP contribution >= 0.6 is 0 Å². The number of hydrogen-bond acceptors (Lipinski definition) is 4. The molecule has 6 heteroatoms. The predicted octanol–water partition coefficient (Wildman–Crippen LogP) is 3.36. The number of sulfonamides is 1. The average Bonchev–Trinajstić information content (AvgIpc) is 2.55. The van der Waals surface area contributed by atoms with Gasteiger partial charge < -0.3 is 5.11 Å². The van der Waals surface area contributed by atoms with Crippen LogP contribution in [0.1, 0.15) is 11.1 Å². The third-order valence-electron chi connectivity index (χ3n) is 3.77. The van der Waals surface area contributed by atoms with E-state index in [2.05, 4.69) is 9.71 Å². The Kier molecular flexibility index (Phi) is 3.69. The highest BCUT2D eigenvalue weighted by molar-refractivity contribution is 7.93. The van der Waals surface area contributed by atoms with Gasteiger partial charge in [-0.2, -0.15) is 0 Å². The van der Waals surface area contributed by atoms with Crippen molar-refractivity contribution in [1.29, 1.82) is 0 Å². The van der Waals surface area contributed by atoms with Crippen LogP contribution in [0.4, 0.5) is 5.69 Å². The molecule has 3 aromatic rings. The Morgan fingerprint density at radius 2 is 1.83 bits per heavy atom. The number of aromatic hydroxyl groups is 1. The van der Waals surface area contributed by atoms with E-state index in [1.54, 1.807) is 56.4 Å². The number of phenolic OH excluding ortho intramolecular Hbond substituents is 1. The van der Waals surface area contributed by atoms with Gasteiger partial charge in [0, 0.05) is 17.1 Å². The second-order valence-electron chi connectivity index (χ2n) is 5.34.